The minimum Gasteiger partial charge on any atom is -0.488 e. The first kappa shape index (κ1) is 26.3. The molecule has 0 aliphatic carbocycles. The fourth-order valence-electron chi connectivity index (χ4n) is 3.92. The molecule has 0 bridgehead atoms. The second-order valence-electron chi connectivity index (χ2n) is 8.64. The minimum absolute atomic E-state index is 0.0548. The molecule has 1 amide bonds. The molecule has 1 aliphatic rings. The highest BCUT2D eigenvalue weighted by Crippen LogP contribution is 2.35. The van der Waals surface area contributed by atoms with Gasteiger partial charge in [-0.3, -0.25) is 14.7 Å². The van der Waals surface area contributed by atoms with Gasteiger partial charge in [-0.05, 0) is 68.7 Å². The second-order valence-corrected chi connectivity index (χ2v) is 10.9. The third-order valence-electron chi connectivity index (χ3n) is 5.91. The van der Waals surface area contributed by atoms with Crippen molar-refractivity contribution in [3.63, 3.8) is 0 Å². The van der Waals surface area contributed by atoms with E-state index in [1.165, 1.54) is 11.8 Å². The summed E-state index contributed by atoms with van der Waals surface area (Å²) in [5.74, 6) is 0.647. The van der Waals surface area contributed by atoms with Crippen LogP contribution in [0.4, 0.5) is 0 Å². The Bertz CT molecular complexity index is 1490. The summed E-state index contributed by atoms with van der Waals surface area (Å²) in [6.45, 7) is 1.34. The largest absolute Gasteiger partial charge is 0.488 e. The van der Waals surface area contributed by atoms with Gasteiger partial charge < -0.3 is 4.74 Å². The lowest BCUT2D eigenvalue weighted by molar-refractivity contribution is -0.122. The fourth-order valence-corrected chi connectivity index (χ4v) is 5.60. The van der Waals surface area contributed by atoms with E-state index in [1.54, 1.807) is 4.90 Å². The Morgan fingerprint density at radius 3 is 2.29 bits per heavy atom. The van der Waals surface area contributed by atoms with Crippen LogP contribution in [0.15, 0.2) is 117 Å². The molecule has 1 fully saturated rings. The van der Waals surface area contributed by atoms with Crippen molar-refractivity contribution >= 4 is 56.4 Å². The quantitative estimate of drug-likeness (QED) is 0.190. The maximum atomic E-state index is 13.5. The standard InChI is InChI=1S/C31H24BrClN2O2S/c32-26-17-24(15-16-28(26)37-21-25-13-7-8-14-27(25)33)18-29-30(36)35(20-23-11-5-2-6-12-23)31(38-29)34-19-22-9-3-1-4-10-22/h1-18H,19-21H2/b29-18+,34-31?. The van der Waals surface area contributed by atoms with Gasteiger partial charge >= 0.3 is 0 Å². The third kappa shape index (κ3) is 6.57. The van der Waals surface area contributed by atoms with E-state index in [4.69, 9.17) is 21.3 Å². The summed E-state index contributed by atoms with van der Waals surface area (Å²) in [5, 5.41) is 1.37. The number of amides is 1. The van der Waals surface area contributed by atoms with Gasteiger partial charge in [0.15, 0.2) is 5.17 Å². The summed E-state index contributed by atoms with van der Waals surface area (Å²) in [5.41, 5.74) is 3.96. The second kappa shape index (κ2) is 12.5. The van der Waals surface area contributed by atoms with Gasteiger partial charge in [0.05, 0.1) is 22.5 Å². The molecule has 0 unspecified atom stereocenters. The highest BCUT2D eigenvalue weighted by atomic mass is 79.9. The fraction of sp³-hybridized carbons (Fsp3) is 0.0968. The summed E-state index contributed by atoms with van der Waals surface area (Å²) in [4.78, 5) is 20.7. The number of hydrogen-bond donors (Lipinski definition) is 0. The zero-order valence-corrected chi connectivity index (χ0v) is 23.5. The highest BCUT2D eigenvalue weighted by molar-refractivity contribution is 9.10. The van der Waals surface area contributed by atoms with Gasteiger partial charge in [0.1, 0.15) is 12.4 Å². The number of hydrogen-bond acceptors (Lipinski definition) is 4. The van der Waals surface area contributed by atoms with Crippen molar-refractivity contribution in [2.75, 3.05) is 0 Å². The number of thioether (sulfide) groups is 1. The summed E-state index contributed by atoms with van der Waals surface area (Å²) < 4.78 is 6.77. The predicted molar refractivity (Wildman–Crippen MR) is 160 cm³/mol. The minimum atomic E-state index is -0.0548. The molecule has 190 valence electrons. The van der Waals surface area contributed by atoms with Crippen LogP contribution in [0.1, 0.15) is 22.3 Å². The Labute approximate surface area is 240 Å². The molecule has 0 saturated carbocycles. The number of aliphatic imine (C=N–C) groups is 1. The number of nitrogens with zero attached hydrogens (tertiary/aromatic N) is 2. The molecule has 4 aromatic rings. The van der Waals surface area contributed by atoms with Crippen molar-refractivity contribution in [1.29, 1.82) is 0 Å². The van der Waals surface area contributed by atoms with Crippen LogP contribution in [0, 0.1) is 0 Å². The molecule has 0 N–H and O–H groups in total. The molecule has 4 aromatic carbocycles. The number of carbonyl (C=O) groups is 1. The van der Waals surface area contributed by atoms with Gasteiger partial charge in [-0.15, -0.1) is 0 Å². The highest BCUT2D eigenvalue weighted by Gasteiger charge is 2.33. The van der Waals surface area contributed by atoms with Crippen molar-refractivity contribution in [2.24, 2.45) is 4.99 Å². The summed E-state index contributed by atoms with van der Waals surface area (Å²) in [6.07, 6.45) is 1.90. The number of carbonyl (C=O) groups excluding carboxylic acids is 1. The molecule has 1 aliphatic heterocycles. The van der Waals surface area contributed by atoms with Gasteiger partial charge in [-0.25, -0.2) is 0 Å². The molecule has 0 spiro atoms. The van der Waals surface area contributed by atoms with E-state index in [2.05, 4.69) is 15.9 Å². The van der Waals surface area contributed by atoms with Crippen molar-refractivity contribution in [1.82, 2.24) is 4.90 Å². The Morgan fingerprint density at radius 1 is 0.895 bits per heavy atom. The summed E-state index contributed by atoms with van der Waals surface area (Å²) in [7, 11) is 0. The van der Waals surface area contributed by atoms with Crippen LogP contribution in [-0.2, 0) is 24.5 Å². The number of amidine groups is 1. The molecule has 5 rings (SSSR count). The average molecular weight is 604 g/mol. The zero-order valence-electron chi connectivity index (χ0n) is 20.4. The number of halogens is 2. The van der Waals surface area contributed by atoms with Crippen LogP contribution in [0.2, 0.25) is 5.02 Å². The monoisotopic (exact) mass is 602 g/mol. The first-order chi connectivity index (χ1) is 18.6. The maximum absolute atomic E-state index is 13.5. The summed E-state index contributed by atoms with van der Waals surface area (Å²) >= 11 is 11.3. The molecule has 38 heavy (non-hydrogen) atoms. The normalized spacial score (nSPS) is 15.4. The van der Waals surface area contributed by atoms with Gasteiger partial charge in [0, 0.05) is 10.6 Å². The lowest BCUT2D eigenvalue weighted by atomic mass is 10.2. The van der Waals surface area contributed by atoms with Gasteiger partial charge in [-0.2, -0.15) is 0 Å². The van der Waals surface area contributed by atoms with Crippen LogP contribution >= 0.6 is 39.3 Å². The topological polar surface area (TPSA) is 41.9 Å². The lowest BCUT2D eigenvalue weighted by Gasteiger charge is -2.15. The zero-order chi connectivity index (χ0) is 26.3. The van der Waals surface area contributed by atoms with Crippen LogP contribution < -0.4 is 4.74 Å². The van der Waals surface area contributed by atoms with Crippen LogP contribution in [0.3, 0.4) is 0 Å². The summed E-state index contributed by atoms with van der Waals surface area (Å²) in [6, 6.07) is 33.4. The van der Waals surface area contributed by atoms with E-state index >= 15 is 0 Å². The van der Waals surface area contributed by atoms with Gasteiger partial charge in [0.25, 0.3) is 5.91 Å². The van der Waals surface area contributed by atoms with E-state index < -0.39 is 0 Å². The van der Waals surface area contributed by atoms with E-state index in [9.17, 15) is 4.79 Å². The maximum Gasteiger partial charge on any atom is 0.267 e. The Hall–Kier alpha value is -3.32. The molecular weight excluding hydrogens is 580 g/mol. The molecule has 7 heteroatoms. The van der Waals surface area contributed by atoms with Crippen molar-refractivity contribution in [2.45, 2.75) is 19.7 Å². The predicted octanol–water partition coefficient (Wildman–Crippen LogP) is 8.35. The number of rotatable bonds is 8. The molecule has 4 nitrogen and oxygen atoms in total. The molecule has 0 atom stereocenters. The smallest absolute Gasteiger partial charge is 0.267 e. The van der Waals surface area contributed by atoms with Crippen LogP contribution in [0.25, 0.3) is 6.08 Å². The first-order valence-corrected chi connectivity index (χ1v) is 14.0. The van der Waals surface area contributed by atoms with Crippen LogP contribution in [-0.4, -0.2) is 16.0 Å². The molecular formula is C31H24BrClN2O2S. The van der Waals surface area contributed by atoms with E-state index in [0.717, 1.165) is 26.7 Å². The molecule has 1 saturated heterocycles. The van der Waals surface area contributed by atoms with Crippen LogP contribution in [0.5, 0.6) is 5.75 Å². The number of benzene rings is 4. The van der Waals surface area contributed by atoms with Crippen molar-refractivity contribution in [3.05, 3.63) is 140 Å². The van der Waals surface area contributed by atoms with Gasteiger partial charge in [0.2, 0.25) is 0 Å². The SMILES string of the molecule is O=C1/C(=C\c2ccc(OCc3ccccc3Cl)c(Br)c2)SC(=NCc2ccccc2)N1Cc1ccccc1. The van der Waals surface area contributed by atoms with Crippen molar-refractivity contribution < 1.29 is 9.53 Å². The first-order valence-electron chi connectivity index (χ1n) is 12.1. The number of ether oxygens (including phenoxy) is 1. The average Bonchev–Trinajstić information content (AvgIpc) is 3.22. The third-order valence-corrected chi connectivity index (χ3v) is 7.94. The van der Waals surface area contributed by atoms with E-state index in [-0.39, 0.29) is 5.91 Å². The lowest BCUT2D eigenvalue weighted by Crippen LogP contribution is -2.28. The molecule has 0 aromatic heterocycles. The van der Waals surface area contributed by atoms with Gasteiger partial charge in [-0.1, -0.05) is 96.5 Å². The molecule has 1 heterocycles. The Kier molecular flexibility index (Phi) is 8.64. The Balaban J connectivity index is 1.35. The van der Waals surface area contributed by atoms with E-state index in [1.807, 2.05) is 109 Å². The molecule has 0 radical (unpaired) electrons. The van der Waals surface area contributed by atoms with Crippen molar-refractivity contribution in [3.8, 4) is 5.75 Å². The van der Waals surface area contributed by atoms with E-state index in [0.29, 0.717) is 40.5 Å². The Morgan fingerprint density at radius 2 is 1.58 bits per heavy atom.